The number of hydrogen-bond donors (Lipinski definition) is 2. The van der Waals surface area contributed by atoms with Crippen molar-refractivity contribution in [3.05, 3.63) is 0 Å². The van der Waals surface area contributed by atoms with Crippen molar-refractivity contribution in [3.63, 3.8) is 0 Å². The number of hydrogen-bond acceptors (Lipinski definition) is 3. The van der Waals surface area contributed by atoms with Gasteiger partial charge >= 0.3 is 5.97 Å². The molecule has 18 heavy (non-hydrogen) atoms. The van der Waals surface area contributed by atoms with Gasteiger partial charge < -0.3 is 15.3 Å². The smallest absolute Gasteiger partial charge is 0.323 e. The van der Waals surface area contributed by atoms with Gasteiger partial charge in [0.25, 0.3) is 0 Å². The van der Waals surface area contributed by atoms with Gasteiger partial charge in [0, 0.05) is 6.04 Å². The third-order valence-corrected chi connectivity index (χ3v) is 3.75. The maximum absolute atomic E-state index is 12.4. The zero-order valence-corrected chi connectivity index (χ0v) is 11.5. The van der Waals surface area contributed by atoms with Gasteiger partial charge in [0.1, 0.15) is 6.54 Å². The molecule has 104 valence electrons. The van der Waals surface area contributed by atoms with Gasteiger partial charge in [0.05, 0.1) is 6.04 Å². The number of nitrogens with one attached hydrogen (secondary N) is 1. The molecule has 1 amide bonds. The average Bonchev–Trinajstić information content (AvgIpc) is 2.34. The Morgan fingerprint density at radius 2 is 2.17 bits per heavy atom. The molecular weight excluding hydrogens is 232 g/mol. The van der Waals surface area contributed by atoms with E-state index < -0.39 is 5.97 Å². The van der Waals surface area contributed by atoms with Crippen LogP contribution in [-0.4, -0.2) is 47.1 Å². The third-order valence-electron chi connectivity index (χ3n) is 3.75. The first-order chi connectivity index (χ1) is 8.47. The van der Waals surface area contributed by atoms with Crippen molar-refractivity contribution < 1.29 is 14.7 Å². The van der Waals surface area contributed by atoms with Crippen LogP contribution >= 0.6 is 0 Å². The SMILES string of the molecule is CCC(C)N(CC(=O)O)C(=O)C1NCCCC1C. The van der Waals surface area contributed by atoms with Gasteiger partial charge in [-0.25, -0.2) is 0 Å². The van der Waals surface area contributed by atoms with Gasteiger partial charge in [-0.3, -0.25) is 9.59 Å². The Morgan fingerprint density at radius 1 is 1.50 bits per heavy atom. The van der Waals surface area contributed by atoms with Crippen molar-refractivity contribution in [2.24, 2.45) is 5.92 Å². The summed E-state index contributed by atoms with van der Waals surface area (Å²) < 4.78 is 0. The molecule has 1 aliphatic heterocycles. The molecule has 1 aliphatic rings. The molecule has 0 aliphatic carbocycles. The fourth-order valence-corrected chi connectivity index (χ4v) is 2.38. The Labute approximate surface area is 109 Å². The lowest BCUT2D eigenvalue weighted by Gasteiger charge is -2.35. The molecule has 5 nitrogen and oxygen atoms in total. The number of carboxylic acids is 1. The highest BCUT2D eigenvalue weighted by molar-refractivity contribution is 5.86. The topological polar surface area (TPSA) is 69.6 Å². The number of piperidine rings is 1. The molecule has 0 aromatic carbocycles. The fraction of sp³-hybridized carbons (Fsp3) is 0.846. The summed E-state index contributed by atoms with van der Waals surface area (Å²) in [6, 6.07) is -0.267. The molecule has 0 aromatic rings. The summed E-state index contributed by atoms with van der Waals surface area (Å²) in [6.45, 7) is 6.53. The van der Waals surface area contributed by atoms with E-state index in [1.165, 1.54) is 4.90 Å². The van der Waals surface area contributed by atoms with Gasteiger partial charge in [-0.1, -0.05) is 13.8 Å². The Balaban J connectivity index is 2.76. The molecule has 5 heteroatoms. The average molecular weight is 256 g/mol. The lowest BCUT2D eigenvalue weighted by molar-refractivity contribution is -0.148. The van der Waals surface area contributed by atoms with Crippen molar-refractivity contribution in [1.82, 2.24) is 10.2 Å². The van der Waals surface area contributed by atoms with Crippen LogP contribution in [0.1, 0.15) is 40.0 Å². The highest BCUT2D eigenvalue weighted by atomic mass is 16.4. The van der Waals surface area contributed by atoms with Crippen molar-refractivity contribution in [3.8, 4) is 0 Å². The summed E-state index contributed by atoms with van der Waals surface area (Å²) in [5.41, 5.74) is 0. The zero-order valence-electron chi connectivity index (χ0n) is 11.5. The fourth-order valence-electron chi connectivity index (χ4n) is 2.38. The van der Waals surface area contributed by atoms with Gasteiger partial charge in [-0.15, -0.1) is 0 Å². The molecule has 0 radical (unpaired) electrons. The molecule has 0 aromatic heterocycles. The summed E-state index contributed by atoms with van der Waals surface area (Å²) >= 11 is 0. The second-order valence-corrected chi connectivity index (χ2v) is 5.17. The van der Waals surface area contributed by atoms with Gasteiger partial charge in [-0.05, 0) is 38.6 Å². The van der Waals surface area contributed by atoms with Crippen LogP contribution in [0.4, 0.5) is 0 Å². The van der Waals surface area contributed by atoms with Crippen LogP contribution in [0, 0.1) is 5.92 Å². The van der Waals surface area contributed by atoms with E-state index in [4.69, 9.17) is 5.11 Å². The molecule has 3 unspecified atom stereocenters. The normalized spacial score (nSPS) is 25.5. The number of carboxylic acid groups (broad SMARTS) is 1. The minimum absolute atomic E-state index is 0.0375. The molecule has 3 atom stereocenters. The van der Waals surface area contributed by atoms with Gasteiger partial charge in [0.15, 0.2) is 0 Å². The molecule has 2 N–H and O–H groups in total. The van der Waals surface area contributed by atoms with Crippen LogP contribution in [0.2, 0.25) is 0 Å². The lowest BCUT2D eigenvalue weighted by atomic mass is 9.91. The second kappa shape index (κ2) is 6.73. The van der Waals surface area contributed by atoms with E-state index >= 15 is 0 Å². The first-order valence-electron chi connectivity index (χ1n) is 6.73. The van der Waals surface area contributed by atoms with Gasteiger partial charge in [-0.2, -0.15) is 0 Å². The monoisotopic (exact) mass is 256 g/mol. The highest BCUT2D eigenvalue weighted by Crippen LogP contribution is 2.19. The van der Waals surface area contributed by atoms with E-state index in [1.807, 2.05) is 20.8 Å². The number of carbonyl (C=O) groups is 2. The number of carbonyl (C=O) groups excluding carboxylic acids is 1. The van der Waals surface area contributed by atoms with Crippen LogP contribution in [0.25, 0.3) is 0 Å². The van der Waals surface area contributed by atoms with E-state index in [0.717, 1.165) is 25.8 Å². The predicted molar refractivity (Wildman–Crippen MR) is 69.3 cm³/mol. The molecule has 0 spiro atoms. The minimum Gasteiger partial charge on any atom is -0.480 e. The van der Waals surface area contributed by atoms with Gasteiger partial charge in [0.2, 0.25) is 5.91 Å². The summed E-state index contributed by atoms with van der Waals surface area (Å²) in [5, 5.41) is 12.1. The Hall–Kier alpha value is -1.10. The molecule has 1 saturated heterocycles. The van der Waals surface area contributed by atoms with Crippen molar-refractivity contribution in [2.75, 3.05) is 13.1 Å². The minimum atomic E-state index is -0.952. The van der Waals surface area contributed by atoms with Crippen LogP contribution in [-0.2, 0) is 9.59 Å². The zero-order chi connectivity index (χ0) is 13.7. The van der Waals surface area contributed by atoms with Crippen molar-refractivity contribution >= 4 is 11.9 Å². The maximum atomic E-state index is 12.4. The van der Waals surface area contributed by atoms with E-state index in [9.17, 15) is 9.59 Å². The molecule has 1 fully saturated rings. The summed E-state index contributed by atoms with van der Waals surface area (Å²) in [7, 11) is 0. The first kappa shape index (κ1) is 15.0. The standard InChI is InChI=1S/C13H24N2O3/c1-4-10(3)15(8-11(16)17)13(18)12-9(2)6-5-7-14-12/h9-10,12,14H,4-8H2,1-3H3,(H,16,17). The Morgan fingerprint density at radius 3 is 2.67 bits per heavy atom. The largest absolute Gasteiger partial charge is 0.480 e. The molecule has 0 bridgehead atoms. The summed E-state index contributed by atoms with van der Waals surface area (Å²) in [4.78, 5) is 24.8. The Bertz CT molecular complexity index is 307. The summed E-state index contributed by atoms with van der Waals surface area (Å²) in [6.07, 6.45) is 2.86. The lowest BCUT2D eigenvalue weighted by Crippen LogP contribution is -2.55. The van der Waals surface area contributed by atoms with E-state index in [0.29, 0.717) is 0 Å². The second-order valence-electron chi connectivity index (χ2n) is 5.17. The summed E-state index contributed by atoms with van der Waals surface area (Å²) in [5.74, 6) is -0.752. The Kier molecular flexibility index (Phi) is 5.59. The number of nitrogens with zero attached hydrogens (tertiary/aromatic N) is 1. The maximum Gasteiger partial charge on any atom is 0.323 e. The van der Waals surface area contributed by atoms with Crippen molar-refractivity contribution in [2.45, 2.75) is 52.1 Å². The number of rotatable bonds is 5. The molecular formula is C13H24N2O3. The van der Waals surface area contributed by atoms with E-state index in [1.54, 1.807) is 0 Å². The number of aliphatic carboxylic acids is 1. The molecule has 0 saturated carbocycles. The third kappa shape index (κ3) is 3.70. The van der Waals surface area contributed by atoms with E-state index in [2.05, 4.69) is 5.32 Å². The quantitative estimate of drug-likeness (QED) is 0.772. The molecule has 1 rings (SSSR count). The van der Waals surface area contributed by atoms with Crippen LogP contribution in [0.5, 0.6) is 0 Å². The highest BCUT2D eigenvalue weighted by Gasteiger charge is 2.33. The van der Waals surface area contributed by atoms with E-state index in [-0.39, 0.29) is 30.5 Å². The first-order valence-corrected chi connectivity index (χ1v) is 6.73. The van der Waals surface area contributed by atoms with Crippen LogP contribution in [0.3, 0.4) is 0 Å². The predicted octanol–water partition coefficient (Wildman–Crippen LogP) is 1.09. The number of amides is 1. The van der Waals surface area contributed by atoms with Crippen LogP contribution in [0.15, 0.2) is 0 Å². The van der Waals surface area contributed by atoms with Crippen molar-refractivity contribution in [1.29, 1.82) is 0 Å². The van der Waals surface area contributed by atoms with Crippen LogP contribution < -0.4 is 5.32 Å². The molecule has 1 heterocycles.